The van der Waals surface area contributed by atoms with E-state index in [4.69, 9.17) is 4.74 Å². The number of Topliss-reactive ketones (excluding diaryl/α,β-unsaturated/α-hetero) is 2. The van der Waals surface area contributed by atoms with Crippen LogP contribution in [0.4, 0.5) is 0 Å². The zero-order valence-corrected chi connectivity index (χ0v) is 15.7. The van der Waals surface area contributed by atoms with Crippen LogP contribution in [0.2, 0.25) is 0 Å². The van der Waals surface area contributed by atoms with Crippen LogP contribution in [0.5, 0.6) is 5.75 Å². The van der Waals surface area contributed by atoms with Crippen LogP contribution in [-0.4, -0.2) is 42.5 Å². The Labute approximate surface area is 156 Å². The summed E-state index contributed by atoms with van der Waals surface area (Å²) in [5.74, 6) is 0.589. The first-order valence-electron chi connectivity index (χ1n) is 8.51. The van der Waals surface area contributed by atoms with Crippen molar-refractivity contribution in [1.82, 2.24) is 10.3 Å². The summed E-state index contributed by atoms with van der Waals surface area (Å²) in [5.41, 5.74) is 1.79. The van der Waals surface area contributed by atoms with Gasteiger partial charge in [-0.3, -0.25) is 14.6 Å². The molecule has 0 spiro atoms. The lowest BCUT2D eigenvalue weighted by Crippen LogP contribution is -2.27. The zero-order valence-electron chi connectivity index (χ0n) is 14.9. The Balaban J connectivity index is 1.45. The van der Waals surface area contributed by atoms with Gasteiger partial charge in [-0.2, -0.15) is 0 Å². The first kappa shape index (κ1) is 18.4. The second-order valence-electron chi connectivity index (χ2n) is 6.05. The molecule has 1 aromatic carbocycles. The van der Waals surface area contributed by atoms with E-state index in [1.54, 1.807) is 14.0 Å². The average molecular weight is 371 g/mol. The number of fused-ring (bicyclic) bond motifs is 1. The molecule has 0 atom stereocenters. The van der Waals surface area contributed by atoms with E-state index in [0.717, 1.165) is 30.3 Å². The maximum atomic E-state index is 12.4. The lowest BCUT2D eigenvalue weighted by atomic mass is 9.98. The van der Waals surface area contributed by atoms with Gasteiger partial charge in [-0.1, -0.05) is 12.1 Å². The van der Waals surface area contributed by atoms with Crippen molar-refractivity contribution < 1.29 is 14.3 Å². The largest absolute Gasteiger partial charge is 0.497 e. The number of aryl methyl sites for hydroxylation is 1. The Morgan fingerprint density at radius 1 is 1.27 bits per heavy atom. The summed E-state index contributed by atoms with van der Waals surface area (Å²) in [7, 11) is 1.65. The van der Waals surface area contributed by atoms with Gasteiger partial charge in [-0.15, -0.1) is 11.3 Å². The second-order valence-corrected chi connectivity index (χ2v) is 7.25. The van der Waals surface area contributed by atoms with E-state index in [1.165, 1.54) is 16.9 Å². The third-order valence-electron chi connectivity index (χ3n) is 4.10. The molecule has 0 aliphatic heterocycles. The van der Waals surface area contributed by atoms with Crippen LogP contribution in [0.1, 0.15) is 43.6 Å². The molecule has 0 radical (unpaired) electrons. The molecule has 0 bridgehead atoms. The third-order valence-corrected chi connectivity index (χ3v) is 5.11. The van der Waals surface area contributed by atoms with Gasteiger partial charge in [0, 0.05) is 13.1 Å². The molecule has 0 unspecified atom stereocenters. The van der Waals surface area contributed by atoms with Crippen molar-refractivity contribution in [3.8, 4) is 5.75 Å². The molecule has 0 fully saturated rings. The molecule has 1 N–H and O–H groups in total. The van der Waals surface area contributed by atoms with Gasteiger partial charge in [-0.05, 0) is 37.6 Å². The fourth-order valence-electron chi connectivity index (χ4n) is 2.74. The number of methoxy groups -OCH3 is 1. The van der Waals surface area contributed by atoms with Crippen molar-refractivity contribution >= 4 is 28.6 Å². The first-order chi connectivity index (χ1) is 12.6. The number of thiazole rings is 1. The number of aliphatic imine (C=N–C) groups is 1. The Bertz CT molecular complexity index is 840. The molecule has 0 saturated carbocycles. The van der Waals surface area contributed by atoms with Crippen molar-refractivity contribution in [3.63, 3.8) is 0 Å². The number of ether oxygens (including phenoxy) is 1. The maximum absolute atomic E-state index is 12.4. The molecule has 2 aromatic rings. The molecule has 1 aromatic heterocycles. The van der Waals surface area contributed by atoms with Crippen LogP contribution in [0.25, 0.3) is 0 Å². The van der Waals surface area contributed by atoms with E-state index < -0.39 is 0 Å². The van der Waals surface area contributed by atoms with Crippen LogP contribution in [0.3, 0.4) is 0 Å². The fourth-order valence-corrected chi connectivity index (χ4v) is 3.59. The van der Waals surface area contributed by atoms with Gasteiger partial charge in [0.1, 0.15) is 16.3 Å². The Hall–Kier alpha value is -2.38. The second kappa shape index (κ2) is 8.33. The van der Waals surface area contributed by atoms with Gasteiger partial charge in [-0.25, -0.2) is 4.98 Å². The zero-order chi connectivity index (χ0) is 18.5. The van der Waals surface area contributed by atoms with E-state index in [-0.39, 0.29) is 23.7 Å². The normalized spacial score (nSPS) is 15.4. The smallest absolute Gasteiger partial charge is 0.227 e. The molecule has 136 valence electrons. The maximum Gasteiger partial charge on any atom is 0.227 e. The molecule has 26 heavy (non-hydrogen) atoms. The minimum absolute atomic E-state index is 0.0541. The lowest BCUT2D eigenvalue weighted by molar-refractivity contribution is 0.0966. The monoisotopic (exact) mass is 371 g/mol. The number of nitrogens with one attached hydrogen (secondary N) is 1. The highest BCUT2D eigenvalue weighted by Gasteiger charge is 2.32. The number of carbonyl (C=O) groups excluding carboxylic acids is 2. The molecular weight excluding hydrogens is 350 g/mol. The molecule has 3 rings (SSSR count). The van der Waals surface area contributed by atoms with Crippen molar-refractivity contribution in [3.05, 3.63) is 45.4 Å². The highest BCUT2D eigenvalue weighted by atomic mass is 32.1. The summed E-state index contributed by atoms with van der Waals surface area (Å²) < 4.78 is 5.13. The van der Waals surface area contributed by atoms with Crippen molar-refractivity contribution in [1.29, 1.82) is 0 Å². The van der Waals surface area contributed by atoms with E-state index in [2.05, 4.69) is 15.3 Å². The van der Waals surface area contributed by atoms with Crippen molar-refractivity contribution in [2.24, 2.45) is 4.99 Å². The summed E-state index contributed by atoms with van der Waals surface area (Å²) in [4.78, 5) is 33.5. The topological polar surface area (TPSA) is 80.7 Å². The molecule has 7 heteroatoms. The number of carbonyl (C=O) groups is 2. The summed E-state index contributed by atoms with van der Waals surface area (Å²) in [6, 6.07) is 7.91. The van der Waals surface area contributed by atoms with Gasteiger partial charge >= 0.3 is 0 Å². The van der Waals surface area contributed by atoms with Crippen LogP contribution in [0.15, 0.2) is 29.3 Å². The van der Waals surface area contributed by atoms with Crippen molar-refractivity contribution in [2.45, 2.75) is 26.3 Å². The van der Waals surface area contributed by atoms with Gasteiger partial charge in [0.2, 0.25) is 5.78 Å². The fraction of sp³-hybridized carbons (Fsp3) is 0.368. The number of aromatic nitrogens is 1. The molecule has 1 aliphatic rings. The quantitative estimate of drug-likeness (QED) is 0.757. The van der Waals surface area contributed by atoms with Crippen LogP contribution in [0, 0.1) is 6.92 Å². The van der Waals surface area contributed by atoms with E-state index in [9.17, 15) is 9.59 Å². The van der Waals surface area contributed by atoms with Crippen LogP contribution >= 0.6 is 11.3 Å². The standard InChI is InChI=1S/C19H21N3O3S/c1-12-22-17-18(24)15(10-16(23)19(17)26-12)21-9-3-8-20-11-13-4-6-14(25-2)7-5-13/h4-7,20H,3,8-11H2,1-2H3. The van der Waals surface area contributed by atoms with Crippen LogP contribution in [-0.2, 0) is 6.54 Å². The molecule has 6 nitrogen and oxygen atoms in total. The molecule has 0 saturated heterocycles. The van der Waals surface area contributed by atoms with Crippen molar-refractivity contribution in [2.75, 3.05) is 20.2 Å². The Kier molecular flexibility index (Phi) is 5.90. The highest BCUT2D eigenvalue weighted by molar-refractivity contribution is 7.14. The third kappa shape index (κ3) is 4.23. The highest BCUT2D eigenvalue weighted by Crippen LogP contribution is 2.25. The minimum atomic E-state index is -0.199. The average Bonchev–Trinajstić information content (AvgIpc) is 3.05. The SMILES string of the molecule is COc1ccc(CNCCCN=C2CC(=O)c3sc(C)nc3C2=O)cc1. The molecule has 1 heterocycles. The molecule has 0 amide bonds. The number of rotatable bonds is 7. The Morgan fingerprint density at radius 3 is 2.77 bits per heavy atom. The van der Waals surface area contributed by atoms with Gasteiger partial charge in [0.25, 0.3) is 0 Å². The lowest BCUT2D eigenvalue weighted by Gasteiger charge is -2.10. The summed E-state index contributed by atoms with van der Waals surface area (Å²) in [6.07, 6.45) is 0.886. The predicted molar refractivity (Wildman–Crippen MR) is 102 cm³/mol. The van der Waals surface area contributed by atoms with Gasteiger partial charge in [0.15, 0.2) is 5.78 Å². The molecular formula is C19H21N3O3S. The van der Waals surface area contributed by atoms with Gasteiger partial charge in [0.05, 0.1) is 24.2 Å². The predicted octanol–water partition coefficient (Wildman–Crippen LogP) is 2.85. The van der Waals surface area contributed by atoms with Gasteiger partial charge < -0.3 is 10.1 Å². The summed E-state index contributed by atoms with van der Waals surface area (Å²) in [5, 5.41) is 4.08. The number of hydrogen-bond acceptors (Lipinski definition) is 7. The Morgan fingerprint density at radius 2 is 2.04 bits per heavy atom. The first-order valence-corrected chi connectivity index (χ1v) is 9.32. The summed E-state index contributed by atoms with van der Waals surface area (Å²) >= 11 is 1.28. The minimum Gasteiger partial charge on any atom is -0.497 e. The number of benzene rings is 1. The van der Waals surface area contributed by atoms with E-state index in [0.29, 0.717) is 17.1 Å². The van der Waals surface area contributed by atoms with E-state index >= 15 is 0 Å². The number of nitrogens with zero attached hydrogens (tertiary/aromatic N) is 2. The number of hydrogen-bond donors (Lipinski definition) is 1. The van der Waals surface area contributed by atoms with Crippen LogP contribution < -0.4 is 10.1 Å². The number of ketones is 2. The van der Waals surface area contributed by atoms with E-state index in [1.807, 2.05) is 24.3 Å². The summed E-state index contributed by atoms with van der Waals surface area (Å²) in [6.45, 7) is 3.86. The molecule has 1 aliphatic carbocycles.